The highest BCUT2D eigenvalue weighted by atomic mass is 16.3. The number of nitrogens with zero attached hydrogens (tertiary/aromatic N) is 1. The SMILES string of the molecule is C[C@@H]1N=C[C@@]23C[C@@H](O)[C@H]4[C@@H](CCC5=CC(=O)C=C[C@@]54C)[C@H]2CC[C@@H]13. The predicted octanol–water partition coefficient (Wildman–Crippen LogP) is 3.33. The molecule has 0 aromatic heterocycles. The number of carbonyl (C=O) groups excluding carboxylic acids is 1. The lowest BCUT2D eigenvalue weighted by atomic mass is 9.47. The van der Waals surface area contributed by atoms with Gasteiger partial charge in [0.25, 0.3) is 0 Å². The van der Waals surface area contributed by atoms with E-state index in [1.807, 2.05) is 6.08 Å². The summed E-state index contributed by atoms with van der Waals surface area (Å²) >= 11 is 0. The molecule has 1 N–H and O–H groups in total. The number of fused-ring (bicyclic) bond motifs is 4. The van der Waals surface area contributed by atoms with Crippen LogP contribution in [0.3, 0.4) is 0 Å². The van der Waals surface area contributed by atoms with Crippen molar-refractivity contribution in [1.29, 1.82) is 0 Å². The van der Waals surface area contributed by atoms with E-state index in [9.17, 15) is 9.90 Å². The molecule has 1 aliphatic heterocycles. The fourth-order valence-corrected chi connectivity index (χ4v) is 7.36. The van der Waals surface area contributed by atoms with Gasteiger partial charge in [0, 0.05) is 23.0 Å². The Morgan fingerprint density at radius 2 is 2.04 bits per heavy atom. The first kappa shape index (κ1) is 15.1. The summed E-state index contributed by atoms with van der Waals surface area (Å²) < 4.78 is 0. The monoisotopic (exact) mass is 325 g/mol. The number of hydrogen-bond donors (Lipinski definition) is 1. The molecule has 0 aromatic rings. The normalized spacial score (nSPS) is 54.8. The van der Waals surface area contributed by atoms with Crippen molar-refractivity contribution in [3.8, 4) is 0 Å². The highest BCUT2D eigenvalue weighted by molar-refractivity contribution is 6.01. The van der Waals surface area contributed by atoms with Crippen molar-refractivity contribution in [2.24, 2.45) is 39.5 Å². The van der Waals surface area contributed by atoms with E-state index in [1.54, 1.807) is 6.08 Å². The Balaban J connectivity index is 1.57. The standard InChI is InChI=1S/C21H27NO2/c1-12-16-5-6-17-15-4-3-13-9-14(23)7-8-20(13,2)19(15)18(24)10-21(16,17)11-22-12/h7-9,11-12,15-19,24H,3-6,10H2,1-2H3/t12-,15-,16-,17+,18+,19+,20-,21+/m0/s1. The Kier molecular flexibility index (Phi) is 2.94. The molecular formula is C21H27NO2. The second-order valence-corrected chi connectivity index (χ2v) is 9.11. The van der Waals surface area contributed by atoms with E-state index in [0.717, 1.165) is 19.3 Å². The Morgan fingerprint density at radius 3 is 2.88 bits per heavy atom. The van der Waals surface area contributed by atoms with Crippen LogP contribution < -0.4 is 0 Å². The van der Waals surface area contributed by atoms with Crippen molar-refractivity contribution < 1.29 is 9.90 Å². The molecule has 3 fully saturated rings. The lowest BCUT2D eigenvalue weighted by Crippen LogP contribution is -2.56. The lowest BCUT2D eigenvalue weighted by molar-refractivity contribution is -0.112. The second kappa shape index (κ2) is 4.69. The third-order valence-corrected chi connectivity index (χ3v) is 8.30. The number of ketones is 1. The van der Waals surface area contributed by atoms with Crippen LogP contribution in [-0.2, 0) is 4.79 Å². The van der Waals surface area contributed by atoms with Gasteiger partial charge in [0.2, 0.25) is 0 Å². The van der Waals surface area contributed by atoms with Gasteiger partial charge in [-0.25, -0.2) is 0 Å². The summed E-state index contributed by atoms with van der Waals surface area (Å²) in [5.74, 6) is 2.21. The van der Waals surface area contributed by atoms with Crippen molar-refractivity contribution in [2.45, 2.75) is 58.1 Å². The van der Waals surface area contributed by atoms with Crippen LogP contribution in [-0.4, -0.2) is 29.3 Å². The molecule has 128 valence electrons. The quantitative estimate of drug-likeness (QED) is 0.742. The van der Waals surface area contributed by atoms with E-state index in [4.69, 9.17) is 4.99 Å². The van der Waals surface area contributed by atoms with Crippen LogP contribution in [0.15, 0.2) is 28.8 Å². The van der Waals surface area contributed by atoms with Gasteiger partial charge in [0.1, 0.15) is 0 Å². The number of carbonyl (C=O) groups is 1. The maximum atomic E-state index is 11.8. The first-order valence-electron chi connectivity index (χ1n) is 9.62. The zero-order valence-electron chi connectivity index (χ0n) is 14.6. The van der Waals surface area contributed by atoms with E-state index >= 15 is 0 Å². The number of rotatable bonds is 0. The first-order valence-corrected chi connectivity index (χ1v) is 9.62. The molecule has 3 nitrogen and oxygen atoms in total. The Bertz CT molecular complexity index is 692. The van der Waals surface area contributed by atoms with Gasteiger partial charge in [0.05, 0.1) is 12.1 Å². The number of aliphatic hydroxyl groups is 1. The van der Waals surface area contributed by atoms with E-state index in [-0.39, 0.29) is 28.6 Å². The van der Waals surface area contributed by atoms with Crippen LogP contribution in [0.5, 0.6) is 0 Å². The second-order valence-electron chi connectivity index (χ2n) is 9.11. The van der Waals surface area contributed by atoms with Crippen LogP contribution in [0.2, 0.25) is 0 Å². The largest absolute Gasteiger partial charge is 0.393 e. The van der Waals surface area contributed by atoms with Crippen molar-refractivity contribution >= 4 is 12.0 Å². The zero-order chi connectivity index (χ0) is 16.7. The van der Waals surface area contributed by atoms with Gasteiger partial charge in [-0.15, -0.1) is 0 Å². The lowest BCUT2D eigenvalue weighted by Gasteiger charge is -2.58. The van der Waals surface area contributed by atoms with Crippen molar-refractivity contribution in [1.82, 2.24) is 0 Å². The van der Waals surface area contributed by atoms with E-state index in [2.05, 4.69) is 26.1 Å². The Morgan fingerprint density at radius 1 is 1.25 bits per heavy atom. The molecule has 0 bridgehead atoms. The van der Waals surface area contributed by atoms with Gasteiger partial charge < -0.3 is 5.11 Å². The van der Waals surface area contributed by atoms with E-state index in [0.29, 0.717) is 23.8 Å². The summed E-state index contributed by atoms with van der Waals surface area (Å²) in [6, 6.07) is 0.417. The van der Waals surface area contributed by atoms with Crippen molar-refractivity contribution in [3.05, 3.63) is 23.8 Å². The molecule has 0 amide bonds. The molecule has 3 heteroatoms. The highest BCUT2D eigenvalue weighted by Crippen LogP contribution is 2.67. The van der Waals surface area contributed by atoms with Crippen LogP contribution >= 0.6 is 0 Å². The van der Waals surface area contributed by atoms with Crippen LogP contribution in [0.1, 0.15) is 46.0 Å². The van der Waals surface area contributed by atoms with Gasteiger partial charge in [-0.1, -0.05) is 18.6 Å². The Labute approximate surface area is 143 Å². The third-order valence-electron chi connectivity index (χ3n) is 8.30. The van der Waals surface area contributed by atoms with E-state index in [1.165, 1.54) is 18.4 Å². The molecule has 4 aliphatic carbocycles. The number of allylic oxidation sites excluding steroid dienone is 4. The minimum atomic E-state index is -0.296. The van der Waals surface area contributed by atoms with Crippen LogP contribution in [0, 0.1) is 34.5 Å². The molecule has 5 aliphatic rings. The summed E-state index contributed by atoms with van der Waals surface area (Å²) in [5, 5.41) is 11.2. The highest BCUT2D eigenvalue weighted by Gasteiger charge is 2.64. The van der Waals surface area contributed by atoms with Gasteiger partial charge in [-0.05, 0) is 68.9 Å². The number of hydrogen-bond acceptors (Lipinski definition) is 3. The van der Waals surface area contributed by atoms with Crippen LogP contribution in [0.25, 0.3) is 0 Å². The summed E-state index contributed by atoms with van der Waals surface area (Å²) in [6.07, 6.45) is 13.1. The minimum absolute atomic E-state index is 0.111. The summed E-state index contributed by atoms with van der Waals surface area (Å²) in [7, 11) is 0. The average molecular weight is 325 g/mol. The molecule has 5 rings (SSSR count). The molecule has 24 heavy (non-hydrogen) atoms. The number of aliphatic hydroxyl groups excluding tert-OH is 1. The topological polar surface area (TPSA) is 49.7 Å². The number of aliphatic imine (C=N–C) groups is 1. The fourth-order valence-electron chi connectivity index (χ4n) is 7.36. The molecule has 3 saturated carbocycles. The van der Waals surface area contributed by atoms with Gasteiger partial charge >= 0.3 is 0 Å². The molecule has 0 unspecified atom stereocenters. The Hall–Kier alpha value is -1.22. The molecular weight excluding hydrogens is 298 g/mol. The third kappa shape index (κ3) is 1.67. The maximum Gasteiger partial charge on any atom is 0.178 e. The average Bonchev–Trinajstić information content (AvgIpc) is 3.05. The first-order chi connectivity index (χ1) is 11.5. The van der Waals surface area contributed by atoms with Crippen molar-refractivity contribution in [2.75, 3.05) is 0 Å². The smallest absolute Gasteiger partial charge is 0.178 e. The summed E-state index contributed by atoms with van der Waals surface area (Å²) in [5.41, 5.74) is 1.25. The molecule has 8 atom stereocenters. The molecule has 0 radical (unpaired) electrons. The van der Waals surface area contributed by atoms with E-state index < -0.39 is 0 Å². The maximum absolute atomic E-state index is 11.8. The molecule has 1 spiro atoms. The fraction of sp³-hybridized carbons (Fsp3) is 0.714. The van der Waals surface area contributed by atoms with Crippen molar-refractivity contribution in [3.63, 3.8) is 0 Å². The molecule has 0 aromatic carbocycles. The minimum Gasteiger partial charge on any atom is -0.393 e. The van der Waals surface area contributed by atoms with Crippen LogP contribution in [0.4, 0.5) is 0 Å². The van der Waals surface area contributed by atoms with Gasteiger partial charge in [0.15, 0.2) is 5.78 Å². The molecule has 1 heterocycles. The molecule has 0 saturated heterocycles. The van der Waals surface area contributed by atoms with Gasteiger partial charge in [-0.3, -0.25) is 9.79 Å². The summed E-state index contributed by atoms with van der Waals surface area (Å²) in [6.45, 7) is 4.49. The predicted molar refractivity (Wildman–Crippen MR) is 93.8 cm³/mol. The summed E-state index contributed by atoms with van der Waals surface area (Å²) in [4.78, 5) is 16.6. The zero-order valence-corrected chi connectivity index (χ0v) is 14.6. The van der Waals surface area contributed by atoms with Gasteiger partial charge in [-0.2, -0.15) is 0 Å².